The Balaban J connectivity index is 0.000000424. The Morgan fingerprint density at radius 2 is 0.622 bits per heavy atom. The molecule has 6 rings (SSSR count). The van der Waals surface area contributed by atoms with Crippen molar-refractivity contribution in [3.63, 3.8) is 0 Å². The first-order valence-corrected chi connectivity index (χ1v) is 13.1. The molecular weight excluding hydrogens is 621 g/mol. The van der Waals surface area contributed by atoms with Gasteiger partial charge in [-0.05, 0) is 51.4 Å². The van der Waals surface area contributed by atoms with Crippen molar-refractivity contribution >= 4 is 0 Å². The average molecular weight is 664 g/mol. The van der Waals surface area contributed by atoms with Crippen LogP contribution in [0.15, 0.2) is 60.7 Å². The molecule has 4 saturated heterocycles. The summed E-state index contributed by atoms with van der Waals surface area (Å²) in [6.07, 6.45) is 23.6. The first-order valence-electron chi connectivity index (χ1n) is 13.1. The predicted molar refractivity (Wildman–Crippen MR) is 146 cm³/mol. The third kappa shape index (κ3) is 25.0. The Bertz CT molecular complexity index is 663. The molecule has 4 heterocycles. The zero-order chi connectivity index (χ0) is 25.8. The van der Waals surface area contributed by atoms with Gasteiger partial charge in [0.05, 0.1) is 0 Å². The van der Waals surface area contributed by atoms with E-state index < -0.39 is 0 Å². The van der Waals surface area contributed by atoms with Crippen molar-refractivity contribution in [3.8, 4) is 11.8 Å². The summed E-state index contributed by atoms with van der Waals surface area (Å²) >= 11 is 0. The molecule has 0 aromatic heterocycles. The largest absolute Gasteiger partial charge is 2.00 e. The van der Waals surface area contributed by atoms with Gasteiger partial charge in [-0.3, -0.25) is 11.8 Å². The van der Waals surface area contributed by atoms with Crippen LogP contribution in [0.2, 0.25) is 0 Å². The van der Waals surface area contributed by atoms with Crippen molar-refractivity contribution < 1.29 is 65.9 Å². The van der Waals surface area contributed by atoms with E-state index in [9.17, 15) is 0 Å². The van der Waals surface area contributed by atoms with Crippen LogP contribution in [0.4, 0.5) is 0 Å². The van der Waals surface area contributed by atoms with Gasteiger partial charge in [0.2, 0.25) is 0 Å². The maximum atomic E-state index is 6.69. The number of ether oxygens (including phenoxy) is 4. The van der Waals surface area contributed by atoms with Gasteiger partial charge >= 0.3 is 46.9 Å². The zero-order valence-corrected chi connectivity index (χ0v) is 23.7. The molecule has 208 valence electrons. The topological polar surface area (TPSA) is 36.9 Å². The quantitative estimate of drug-likeness (QED) is 0.241. The summed E-state index contributed by atoms with van der Waals surface area (Å²) < 4.78 is 19.8. The van der Waals surface area contributed by atoms with Crippen LogP contribution in [0.5, 0.6) is 0 Å². The molecule has 4 aliphatic rings. The van der Waals surface area contributed by atoms with Gasteiger partial charge in [0.25, 0.3) is 0 Å². The van der Waals surface area contributed by atoms with Crippen molar-refractivity contribution in [2.45, 2.75) is 51.4 Å². The standard InChI is InChI=1S/2C8H5.4C4H8O.Yb/c2*1-2-8-6-4-3-5-7-8;4*1-2-4-5-3-1;/h2*3-7H;4*1-4H2;/q2*-1;;;;;+2. The van der Waals surface area contributed by atoms with E-state index in [0.29, 0.717) is 0 Å². The van der Waals surface area contributed by atoms with Crippen molar-refractivity contribution in [1.29, 1.82) is 0 Å². The first-order chi connectivity index (χ1) is 17.9. The van der Waals surface area contributed by atoms with Gasteiger partial charge in [0.1, 0.15) is 0 Å². The van der Waals surface area contributed by atoms with Crippen molar-refractivity contribution in [2.75, 3.05) is 52.9 Å². The summed E-state index contributed by atoms with van der Waals surface area (Å²) in [5.74, 6) is 4.55. The Labute approximate surface area is 264 Å². The molecule has 0 aliphatic carbocycles. The summed E-state index contributed by atoms with van der Waals surface area (Å²) in [6, 6.07) is 18.7. The second-order valence-corrected chi connectivity index (χ2v) is 8.26. The van der Waals surface area contributed by atoms with Crippen LogP contribution in [0.1, 0.15) is 62.5 Å². The van der Waals surface area contributed by atoms with Crippen LogP contribution in [-0.4, -0.2) is 52.9 Å². The predicted octanol–water partition coefficient (Wildman–Crippen LogP) is 6.44. The minimum atomic E-state index is 0. The molecule has 0 saturated carbocycles. The maximum absolute atomic E-state index is 6.69. The number of hydrogen-bond acceptors (Lipinski definition) is 4. The van der Waals surface area contributed by atoms with Crippen LogP contribution in [0, 0.1) is 71.6 Å². The molecule has 5 heteroatoms. The molecule has 0 amide bonds. The van der Waals surface area contributed by atoms with E-state index >= 15 is 0 Å². The minimum absolute atomic E-state index is 0. The number of benzene rings is 2. The van der Waals surface area contributed by atoms with E-state index in [2.05, 4.69) is 11.8 Å². The van der Waals surface area contributed by atoms with Crippen molar-refractivity contribution in [2.24, 2.45) is 0 Å². The third-order valence-corrected chi connectivity index (χ3v) is 5.15. The normalized spacial score (nSPS) is 16.4. The van der Waals surface area contributed by atoms with Gasteiger partial charge in [-0.1, -0.05) is 36.4 Å². The molecule has 37 heavy (non-hydrogen) atoms. The molecular formula is C32H42O4Yb. The molecule has 0 N–H and O–H groups in total. The first kappa shape index (κ1) is 35.9. The van der Waals surface area contributed by atoms with Gasteiger partial charge < -0.3 is 31.8 Å². The fourth-order valence-electron chi connectivity index (χ4n) is 3.08. The smallest absolute Gasteiger partial charge is 0.381 e. The summed E-state index contributed by atoms with van der Waals surface area (Å²) in [6.45, 7) is 8.00. The van der Waals surface area contributed by atoms with Gasteiger partial charge in [0, 0.05) is 52.9 Å². The zero-order valence-electron chi connectivity index (χ0n) is 22.0. The van der Waals surface area contributed by atoms with Crippen LogP contribution < -0.4 is 0 Å². The molecule has 2 aromatic carbocycles. The van der Waals surface area contributed by atoms with E-state index in [4.69, 9.17) is 31.8 Å². The van der Waals surface area contributed by atoms with Crippen LogP contribution in [0.25, 0.3) is 0 Å². The van der Waals surface area contributed by atoms with E-state index in [1.807, 2.05) is 60.7 Å². The van der Waals surface area contributed by atoms with E-state index in [-0.39, 0.29) is 46.9 Å². The molecule has 2 aromatic rings. The molecule has 4 fully saturated rings. The Hall–Kier alpha value is -1.08. The maximum Gasteiger partial charge on any atom is 2.00 e. The van der Waals surface area contributed by atoms with E-state index in [0.717, 1.165) is 64.0 Å². The van der Waals surface area contributed by atoms with Gasteiger partial charge in [0.15, 0.2) is 0 Å². The molecule has 4 aliphatic heterocycles. The van der Waals surface area contributed by atoms with E-state index in [1.54, 1.807) is 0 Å². The van der Waals surface area contributed by atoms with Crippen LogP contribution in [-0.2, 0) is 18.9 Å². The number of hydrogen-bond donors (Lipinski definition) is 0. The summed E-state index contributed by atoms with van der Waals surface area (Å²) in [7, 11) is 0. The SMILES string of the molecule is C1CCOC1.C1CCOC1.C1CCOC1.C1CCOC1.[C-]#Cc1ccccc1.[C-]#Cc1ccccc1.[Yb+2]. The monoisotopic (exact) mass is 664 g/mol. The summed E-state index contributed by atoms with van der Waals surface area (Å²) in [5, 5.41) is 0. The molecule has 0 bridgehead atoms. The molecule has 0 spiro atoms. The van der Waals surface area contributed by atoms with Gasteiger partial charge in [-0.2, -0.15) is 0 Å². The van der Waals surface area contributed by atoms with E-state index in [1.165, 1.54) is 51.4 Å². The van der Waals surface area contributed by atoms with Crippen LogP contribution in [0.3, 0.4) is 0 Å². The molecule has 0 unspecified atom stereocenters. The fraction of sp³-hybridized carbons (Fsp3) is 0.500. The third-order valence-electron chi connectivity index (χ3n) is 5.15. The molecule has 0 atom stereocenters. The second-order valence-electron chi connectivity index (χ2n) is 8.26. The summed E-state index contributed by atoms with van der Waals surface area (Å²) in [5.41, 5.74) is 1.65. The fourth-order valence-corrected chi connectivity index (χ4v) is 3.08. The van der Waals surface area contributed by atoms with Crippen molar-refractivity contribution in [3.05, 3.63) is 84.6 Å². The second kappa shape index (κ2) is 29.5. The molecule has 0 radical (unpaired) electrons. The summed E-state index contributed by atoms with van der Waals surface area (Å²) in [4.78, 5) is 0. The molecule has 4 nitrogen and oxygen atoms in total. The van der Waals surface area contributed by atoms with Crippen molar-refractivity contribution in [1.82, 2.24) is 0 Å². The van der Waals surface area contributed by atoms with Gasteiger partial charge in [-0.15, -0.1) is 35.4 Å². The van der Waals surface area contributed by atoms with Crippen LogP contribution >= 0.6 is 0 Å². The Morgan fingerprint density at radius 3 is 0.730 bits per heavy atom. The average Bonchev–Trinajstić information content (AvgIpc) is 3.81. The Kier molecular flexibility index (Phi) is 28.6. The number of rotatable bonds is 0. The van der Waals surface area contributed by atoms with Gasteiger partial charge in [-0.25, -0.2) is 0 Å². The minimum Gasteiger partial charge on any atom is -0.381 e. The Morgan fingerprint density at radius 1 is 0.405 bits per heavy atom.